The van der Waals surface area contributed by atoms with Crippen molar-refractivity contribution < 1.29 is 9.53 Å². The molecule has 0 unspecified atom stereocenters. The second-order valence-corrected chi connectivity index (χ2v) is 9.81. The Kier molecular flexibility index (Phi) is 8.19. The van der Waals surface area contributed by atoms with Gasteiger partial charge in [0.25, 0.3) is 5.91 Å². The van der Waals surface area contributed by atoms with Gasteiger partial charge in [0.1, 0.15) is 15.8 Å². The fraction of sp³-hybridized carbons (Fsp3) is 0.296. The summed E-state index contributed by atoms with van der Waals surface area (Å²) in [7, 11) is 0. The molecule has 1 aliphatic rings. The number of aromatic nitrogens is 2. The van der Waals surface area contributed by atoms with Gasteiger partial charge in [-0.15, -0.1) is 0 Å². The number of para-hydroxylation sites is 1. The first kappa shape index (κ1) is 24.2. The number of nitrogens with zero attached hydrogens (tertiary/aromatic N) is 3. The molecule has 34 heavy (non-hydrogen) atoms. The van der Waals surface area contributed by atoms with E-state index < -0.39 is 0 Å². The maximum atomic E-state index is 13.1. The largest absolute Gasteiger partial charge is 0.494 e. The van der Waals surface area contributed by atoms with E-state index in [0.717, 1.165) is 53.9 Å². The van der Waals surface area contributed by atoms with Crippen LogP contribution in [0.15, 0.2) is 65.7 Å². The number of hydrogen-bond acceptors (Lipinski definition) is 5. The summed E-state index contributed by atoms with van der Waals surface area (Å²) >= 11 is 6.85. The molecule has 176 valence electrons. The smallest absolute Gasteiger partial charge is 0.266 e. The van der Waals surface area contributed by atoms with Gasteiger partial charge in [0, 0.05) is 23.9 Å². The number of carbonyl (C=O) groups is 1. The Hall–Kier alpha value is -2.90. The molecule has 2 aromatic carbocycles. The molecular formula is C27H29N3O2S2. The highest BCUT2D eigenvalue weighted by Crippen LogP contribution is 2.35. The second-order valence-electron chi connectivity index (χ2n) is 8.13. The zero-order chi connectivity index (χ0) is 23.9. The minimum Gasteiger partial charge on any atom is -0.494 e. The van der Waals surface area contributed by atoms with Gasteiger partial charge in [0.2, 0.25) is 0 Å². The molecule has 7 heteroatoms. The van der Waals surface area contributed by atoms with Crippen molar-refractivity contribution in [2.75, 3.05) is 13.2 Å². The van der Waals surface area contributed by atoms with Gasteiger partial charge in [-0.2, -0.15) is 5.10 Å². The first-order chi connectivity index (χ1) is 16.6. The van der Waals surface area contributed by atoms with Crippen LogP contribution in [0.5, 0.6) is 5.75 Å². The fourth-order valence-electron chi connectivity index (χ4n) is 3.65. The lowest BCUT2D eigenvalue weighted by atomic mass is 10.1. The summed E-state index contributed by atoms with van der Waals surface area (Å²) in [4.78, 5) is 15.4. The average molecular weight is 492 g/mol. The Labute approximate surface area is 210 Å². The Balaban J connectivity index is 1.72. The van der Waals surface area contributed by atoms with Gasteiger partial charge in [-0.05, 0) is 43.2 Å². The summed E-state index contributed by atoms with van der Waals surface area (Å²) < 4.78 is 8.39. The summed E-state index contributed by atoms with van der Waals surface area (Å²) in [5, 5.41) is 4.89. The molecule has 1 aromatic heterocycles. The van der Waals surface area contributed by atoms with E-state index in [-0.39, 0.29) is 5.91 Å². The molecule has 0 bridgehead atoms. The van der Waals surface area contributed by atoms with E-state index in [1.165, 1.54) is 11.8 Å². The van der Waals surface area contributed by atoms with Crippen LogP contribution in [0.25, 0.3) is 23.0 Å². The molecule has 5 nitrogen and oxygen atoms in total. The quantitative estimate of drug-likeness (QED) is 0.179. The molecule has 1 amide bonds. The standard InChI is InChI=1S/C27H29N3O2S2/c1-3-5-15-29-26(31)24(34-27(29)33)18-21-19-30(22-12-8-7-9-13-22)28-25(21)20-11-10-14-23(17-20)32-16-6-4-2/h7-14,17-19H,3-6,15-16H2,1-2H3. The minimum atomic E-state index is -0.0292. The van der Waals surface area contributed by atoms with Gasteiger partial charge in [-0.25, -0.2) is 4.68 Å². The van der Waals surface area contributed by atoms with E-state index in [4.69, 9.17) is 22.1 Å². The maximum absolute atomic E-state index is 13.1. The van der Waals surface area contributed by atoms with Crippen molar-refractivity contribution in [3.05, 3.63) is 71.3 Å². The van der Waals surface area contributed by atoms with Crippen molar-refractivity contribution in [1.29, 1.82) is 0 Å². The van der Waals surface area contributed by atoms with Crippen LogP contribution in [0.1, 0.15) is 45.1 Å². The molecule has 0 aliphatic carbocycles. The molecule has 3 aromatic rings. The number of thioether (sulfide) groups is 1. The van der Waals surface area contributed by atoms with Crippen molar-refractivity contribution >= 4 is 40.3 Å². The van der Waals surface area contributed by atoms with Crippen molar-refractivity contribution in [3.63, 3.8) is 0 Å². The van der Waals surface area contributed by atoms with Gasteiger partial charge >= 0.3 is 0 Å². The van der Waals surface area contributed by atoms with Crippen LogP contribution in [0.4, 0.5) is 0 Å². The van der Waals surface area contributed by atoms with Crippen LogP contribution in [0.3, 0.4) is 0 Å². The first-order valence-electron chi connectivity index (χ1n) is 11.7. The summed E-state index contributed by atoms with van der Waals surface area (Å²) in [6.45, 7) is 5.60. The van der Waals surface area contributed by atoms with Crippen LogP contribution in [-0.4, -0.2) is 38.1 Å². The van der Waals surface area contributed by atoms with Gasteiger partial charge in [-0.3, -0.25) is 9.69 Å². The SMILES string of the molecule is CCCCOc1cccc(-c2nn(-c3ccccc3)cc2C=C2SC(=S)N(CCCC)C2=O)c1. The second kappa shape index (κ2) is 11.5. The van der Waals surface area contributed by atoms with Gasteiger partial charge in [0.05, 0.1) is 17.2 Å². The first-order valence-corrected chi connectivity index (χ1v) is 13.0. The maximum Gasteiger partial charge on any atom is 0.266 e. The summed E-state index contributed by atoms with van der Waals surface area (Å²) in [5.74, 6) is 0.788. The van der Waals surface area contributed by atoms with E-state index in [1.807, 2.05) is 71.6 Å². The topological polar surface area (TPSA) is 47.4 Å². The monoisotopic (exact) mass is 491 g/mol. The van der Waals surface area contributed by atoms with Crippen LogP contribution < -0.4 is 4.74 Å². The van der Waals surface area contributed by atoms with Crippen molar-refractivity contribution in [3.8, 4) is 22.7 Å². The van der Waals surface area contributed by atoms with Gasteiger partial charge in [-0.1, -0.05) is 81.0 Å². The molecule has 0 radical (unpaired) electrons. The van der Waals surface area contributed by atoms with Crippen molar-refractivity contribution in [1.82, 2.24) is 14.7 Å². The molecule has 4 rings (SSSR count). The minimum absolute atomic E-state index is 0.0292. The zero-order valence-electron chi connectivity index (χ0n) is 19.6. The summed E-state index contributed by atoms with van der Waals surface area (Å²) in [6, 6.07) is 17.9. The molecule has 1 saturated heterocycles. The van der Waals surface area contributed by atoms with E-state index in [0.29, 0.717) is 22.4 Å². The predicted molar refractivity (Wildman–Crippen MR) is 144 cm³/mol. The summed E-state index contributed by atoms with van der Waals surface area (Å²) in [5.41, 5.74) is 3.56. The highest BCUT2D eigenvalue weighted by atomic mass is 32.2. The Bertz CT molecular complexity index is 1190. The van der Waals surface area contributed by atoms with Gasteiger partial charge < -0.3 is 4.74 Å². The Morgan fingerprint density at radius 3 is 2.62 bits per heavy atom. The molecule has 2 heterocycles. The highest BCUT2D eigenvalue weighted by Gasteiger charge is 2.31. The van der Waals surface area contributed by atoms with E-state index in [9.17, 15) is 4.79 Å². The van der Waals surface area contributed by atoms with Crippen molar-refractivity contribution in [2.45, 2.75) is 39.5 Å². The molecule has 0 N–H and O–H groups in total. The Morgan fingerprint density at radius 1 is 1.06 bits per heavy atom. The third-order valence-corrected chi connectivity index (χ3v) is 6.91. The third kappa shape index (κ3) is 5.59. The van der Waals surface area contributed by atoms with Crippen LogP contribution in [0, 0.1) is 0 Å². The fourth-order valence-corrected chi connectivity index (χ4v) is 4.95. The zero-order valence-corrected chi connectivity index (χ0v) is 21.2. The van der Waals surface area contributed by atoms with Crippen LogP contribution in [-0.2, 0) is 4.79 Å². The molecule has 1 fully saturated rings. The lowest BCUT2D eigenvalue weighted by Gasteiger charge is -2.13. The number of thiocarbonyl (C=S) groups is 1. The highest BCUT2D eigenvalue weighted by molar-refractivity contribution is 8.26. The van der Waals surface area contributed by atoms with Crippen molar-refractivity contribution in [2.24, 2.45) is 0 Å². The normalized spacial score (nSPS) is 14.9. The predicted octanol–water partition coefficient (Wildman–Crippen LogP) is 6.72. The number of ether oxygens (including phenoxy) is 1. The average Bonchev–Trinajstić information content (AvgIpc) is 3.39. The lowest BCUT2D eigenvalue weighted by molar-refractivity contribution is -0.122. The molecule has 0 atom stereocenters. The molecule has 0 saturated carbocycles. The third-order valence-electron chi connectivity index (χ3n) is 5.53. The number of amides is 1. The molecular weight excluding hydrogens is 462 g/mol. The van der Waals surface area contributed by atoms with E-state index in [1.54, 1.807) is 4.90 Å². The van der Waals surface area contributed by atoms with Gasteiger partial charge in [0.15, 0.2) is 0 Å². The number of unbranched alkanes of at least 4 members (excludes halogenated alkanes) is 2. The summed E-state index contributed by atoms with van der Waals surface area (Å²) in [6.07, 6.45) is 7.92. The Morgan fingerprint density at radius 2 is 1.85 bits per heavy atom. The van der Waals surface area contributed by atoms with Crippen LogP contribution >= 0.6 is 24.0 Å². The number of benzene rings is 2. The lowest BCUT2D eigenvalue weighted by Crippen LogP contribution is -2.28. The van der Waals surface area contributed by atoms with E-state index >= 15 is 0 Å². The van der Waals surface area contributed by atoms with Crippen LogP contribution in [0.2, 0.25) is 0 Å². The molecule has 1 aliphatic heterocycles. The number of rotatable bonds is 10. The number of carbonyl (C=O) groups excluding carboxylic acids is 1. The van der Waals surface area contributed by atoms with E-state index in [2.05, 4.69) is 13.8 Å². The molecule has 0 spiro atoms. The number of hydrogen-bond donors (Lipinski definition) is 0.